The molecular formula is C29H42N2O5. The van der Waals surface area contributed by atoms with Gasteiger partial charge in [-0.15, -0.1) is 0 Å². The van der Waals surface area contributed by atoms with E-state index in [1.807, 2.05) is 4.90 Å². The van der Waals surface area contributed by atoms with Gasteiger partial charge in [0.1, 0.15) is 0 Å². The van der Waals surface area contributed by atoms with Crippen molar-refractivity contribution in [2.24, 2.45) is 17.3 Å². The van der Waals surface area contributed by atoms with E-state index in [9.17, 15) is 19.5 Å². The summed E-state index contributed by atoms with van der Waals surface area (Å²) in [6.45, 7) is 5.31. The predicted molar refractivity (Wildman–Crippen MR) is 137 cm³/mol. The molecule has 7 heteroatoms. The van der Waals surface area contributed by atoms with Crippen molar-refractivity contribution >= 4 is 11.9 Å². The number of aromatic nitrogens is 1. The van der Waals surface area contributed by atoms with Gasteiger partial charge in [-0.25, -0.2) is 4.79 Å². The van der Waals surface area contributed by atoms with E-state index in [2.05, 4.69) is 6.92 Å². The highest BCUT2D eigenvalue weighted by Gasteiger charge is 2.56. The molecule has 1 spiro atoms. The van der Waals surface area contributed by atoms with Gasteiger partial charge in [-0.1, -0.05) is 39.0 Å². The van der Waals surface area contributed by atoms with Gasteiger partial charge in [0, 0.05) is 36.7 Å². The van der Waals surface area contributed by atoms with Crippen LogP contribution in [-0.4, -0.2) is 51.7 Å². The average Bonchev–Trinajstić information content (AvgIpc) is 3.57. The summed E-state index contributed by atoms with van der Waals surface area (Å²) in [6, 6.07) is 1.58. The molecule has 1 aromatic heterocycles. The molecule has 2 heterocycles. The first-order chi connectivity index (χ1) is 17.2. The maximum Gasteiger partial charge on any atom is 0.339 e. The van der Waals surface area contributed by atoms with Gasteiger partial charge in [-0.05, 0) is 62.8 Å². The van der Waals surface area contributed by atoms with Crippen molar-refractivity contribution in [2.45, 2.75) is 103 Å². The molecule has 3 aliphatic carbocycles. The zero-order valence-electron chi connectivity index (χ0n) is 22.0. The van der Waals surface area contributed by atoms with Crippen LogP contribution >= 0.6 is 0 Å². The van der Waals surface area contributed by atoms with Crippen LogP contribution in [0.25, 0.3) is 0 Å². The summed E-state index contributed by atoms with van der Waals surface area (Å²) in [4.78, 5) is 41.2. The highest BCUT2D eigenvalue weighted by molar-refractivity contribution is 5.91. The first-order valence-corrected chi connectivity index (χ1v) is 14.2. The Morgan fingerprint density at radius 2 is 1.86 bits per heavy atom. The Hall–Kier alpha value is -2.15. The van der Waals surface area contributed by atoms with E-state index in [-0.39, 0.29) is 36.5 Å². The number of piperidine rings is 1. The molecule has 0 radical (unpaired) electrons. The van der Waals surface area contributed by atoms with Crippen LogP contribution in [-0.2, 0) is 16.1 Å². The summed E-state index contributed by atoms with van der Waals surface area (Å²) in [5, 5.41) is 12.1. The van der Waals surface area contributed by atoms with Crippen LogP contribution in [0.3, 0.4) is 0 Å². The third-order valence-electron chi connectivity index (χ3n) is 9.58. The Balaban J connectivity index is 1.38. The molecule has 3 saturated carbocycles. The van der Waals surface area contributed by atoms with Crippen LogP contribution in [0.4, 0.5) is 0 Å². The van der Waals surface area contributed by atoms with E-state index in [0.717, 1.165) is 50.5 Å². The fourth-order valence-electron chi connectivity index (χ4n) is 7.03. The molecule has 1 aliphatic heterocycles. The summed E-state index contributed by atoms with van der Waals surface area (Å²) < 4.78 is 6.81. The van der Waals surface area contributed by atoms with Gasteiger partial charge in [0.25, 0.3) is 5.56 Å². The fraction of sp³-hybridized carbons (Fsp3) is 0.759. The van der Waals surface area contributed by atoms with E-state index in [0.29, 0.717) is 31.0 Å². The Morgan fingerprint density at radius 1 is 1.14 bits per heavy atom. The minimum atomic E-state index is -1.10. The third-order valence-corrected chi connectivity index (χ3v) is 9.58. The second-order valence-electron chi connectivity index (χ2n) is 12.1. The molecule has 0 aromatic carbocycles. The summed E-state index contributed by atoms with van der Waals surface area (Å²) in [5.74, 6) is 0.754. The quantitative estimate of drug-likeness (QED) is 0.541. The molecule has 2 atom stereocenters. The van der Waals surface area contributed by atoms with E-state index in [1.54, 1.807) is 19.2 Å². The second-order valence-corrected chi connectivity index (χ2v) is 12.1. The summed E-state index contributed by atoms with van der Waals surface area (Å²) in [7, 11) is 0. The van der Waals surface area contributed by atoms with E-state index in [4.69, 9.17) is 4.74 Å². The number of aliphatic hydroxyl groups is 1. The summed E-state index contributed by atoms with van der Waals surface area (Å²) in [5.41, 5.74) is -0.484. The maximum atomic E-state index is 13.4. The maximum absolute atomic E-state index is 13.4. The molecule has 5 rings (SSSR count). The number of likely N-dealkylation sites (tertiary alicyclic amines) is 1. The third kappa shape index (κ3) is 4.75. The monoisotopic (exact) mass is 498 g/mol. The van der Waals surface area contributed by atoms with Gasteiger partial charge >= 0.3 is 5.97 Å². The minimum absolute atomic E-state index is 0.0182. The SMILES string of the molecule is CCOC(=O)c1cn(C[C@]2(O)CCN(C(=O)C(C)CC3CCC3)CC23CCCC3)c(=O)cc1C1CC1. The van der Waals surface area contributed by atoms with Crippen molar-refractivity contribution in [3.63, 3.8) is 0 Å². The Kier molecular flexibility index (Phi) is 7.05. The summed E-state index contributed by atoms with van der Waals surface area (Å²) in [6.07, 6.45) is 12.5. The van der Waals surface area contributed by atoms with Gasteiger partial charge < -0.3 is 19.3 Å². The Labute approximate surface area is 214 Å². The predicted octanol–water partition coefficient (Wildman–Crippen LogP) is 4.25. The van der Waals surface area contributed by atoms with Gasteiger partial charge in [0.2, 0.25) is 5.91 Å². The lowest BCUT2D eigenvalue weighted by Gasteiger charge is -2.53. The molecule has 36 heavy (non-hydrogen) atoms. The number of nitrogens with zero attached hydrogens (tertiary/aromatic N) is 2. The fourth-order valence-corrected chi connectivity index (χ4v) is 7.03. The molecular weight excluding hydrogens is 456 g/mol. The zero-order chi connectivity index (χ0) is 25.5. The number of esters is 1. The van der Waals surface area contributed by atoms with Crippen LogP contribution in [0.1, 0.15) is 106 Å². The van der Waals surface area contributed by atoms with E-state index < -0.39 is 17.0 Å². The number of hydrogen-bond acceptors (Lipinski definition) is 5. The number of carbonyl (C=O) groups is 2. The minimum Gasteiger partial charge on any atom is -0.462 e. The number of carbonyl (C=O) groups excluding carboxylic acids is 2. The topological polar surface area (TPSA) is 88.8 Å². The Morgan fingerprint density at radius 3 is 2.47 bits per heavy atom. The normalized spacial score (nSPS) is 26.6. The first kappa shape index (κ1) is 25.5. The lowest BCUT2D eigenvalue weighted by Crippen LogP contribution is -2.62. The Bertz CT molecular complexity index is 1050. The van der Waals surface area contributed by atoms with Crippen LogP contribution in [0, 0.1) is 17.3 Å². The number of hydrogen-bond donors (Lipinski definition) is 1. The van der Waals surface area contributed by atoms with Crippen molar-refractivity contribution in [2.75, 3.05) is 19.7 Å². The van der Waals surface area contributed by atoms with Crippen molar-refractivity contribution in [1.29, 1.82) is 0 Å². The molecule has 0 bridgehead atoms. The lowest BCUT2D eigenvalue weighted by molar-refractivity contribution is -0.163. The first-order valence-electron chi connectivity index (χ1n) is 14.2. The van der Waals surface area contributed by atoms with Crippen molar-refractivity contribution < 1.29 is 19.4 Å². The van der Waals surface area contributed by atoms with E-state index >= 15 is 0 Å². The molecule has 1 aromatic rings. The molecule has 1 unspecified atom stereocenters. The number of rotatable bonds is 8. The molecule has 1 saturated heterocycles. The molecule has 7 nitrogen and oxygen atoms in total. The van der Waals surface area contributed by atoms with Crippen LogP contribution in [0.2, 0.25) is 0 Å². The lowest BCUT2D eigenvalue weighted by atomic mass is 9.65. The smallest absolute Gasteiger partial charge is 0.339 e. The second kappa shape index (κ2) is 9.96. The van der Waals surface area contributed by atoms with Gasteiger partial charge in [0.05, 0.1) is 24.3 Å². The van der Waals surface area contributed by atoms with Crippen LogP contribution in [0.5, 0.6) is 0 Å². The molecule has 1 N–H and O–H groups in total. The van der Waals surface area contributed by atoms with Crippen molar-refractivity contribution in [1.82, 2.24) is 9.47 Å². The largest absolute Gasteiger partial charge is 0.462 e. The van der Waals surface area contributed by atoms with Gasteiger partial charge in [0.15, 0.2) is 0 Å². The summed E-state index contributed by atoms with van der Waals surface area (Å²) >= 11 is 0. The van der Waals surface area contributed by atoms with Crippen LogP contribution in [0.15, 0.2) is 17.1 Å². The highest BCUT2D eigenvalue weighted by Crippen LogP contribution is 2.52. The standard InChI is InChI=1S/C29H42N2O5/c1-3-36-27(34)24-17-31(25(32)16-23(24)22-9-10-22)19-29(35)13-14-30(18-28(29)11-4-5-12-28)26(33)20(2)15-21-7-6-8-21/h16-17,20-22,35H,3-15,18-19H2,1-2H3/t20?,29-/m1/s1. The number of ether oxygens (including phenoxy) is 1. The van der Waals surface area contributed by atoms with Gasteiger partial charge in [-0.2, -0.15) is 0 Å². The zero-order valence-corrected chi connectivity index (χ0v) is 22.0. The molecule has 4 aliphatic rings. The number of amides is 1. The molecule has 198 valence electrons. The average molecular weight is 499 g/mol. The van der Waals surface area contributed by atoms with Crippen LogP contribution < -0.4 is 5.56 Å². The highest BCUT2D eigenvalue weighted by atomic mass is 16.5. The van der Waals surface area contributed by atoms with Crippen molar-refractivity contribution in [3.8, 4) is 0 Å². The molecule has 1 amide bonds. The van der Waals surface area contributed by atoms with E-state index in [1.165, 1.54) is 23.8 Å². The molecule has 4 fully saturated rings. The van der Waals surface area contributed by atoms with Gasteiger partial charge in [-0.3, -0.25) is 9.59 Å². The number of pyridine rings is 1. The van der Waals surface area contributed by atoms with Crippen molar-refractivity contribution in [3.05, 3.63) is 33.7 Å².